The van der Waals surface area contributed by atoms with Gasteiger partial charge in [-0.05, 0) is 79.6 Å². The number of hydrogen-bond donors (Lipinski definition) is 0. The van der Waals surface area contributed by atoms with Gasteiger partial charge in [0.15, 0.2) is 11.5 Å². The van der Waals surface area contributed by atoms with Gasteiger partial charge in [-0.1, -0.05) is 31.2 Å². The molecule has 6 atom stereocenters. The number of methoxy groups -OCH3 is 2. The first-order chi connectivity index (χ1) is 19.0. The number of fused-ring (bicyclic) bond motifs is 1. The molecule has 0 radical (unpaired) electrons. The zero-order valence-electron chi connectivity index (χ0n) is 23.3. The first-order valence-corrected chi connectivity index (χ1v) is 15.5. The molecule has 5 aliphatic rings. The van der Waals surface area contributed by atoms with E-state index in [9.17, 15) is 0 Å². The van der Waals surface area contributed by atoms with Gasteiger partial charge in [0.05, 0.1) is 20.3 Å². The highest BCUT2D eigenvalue weighted by atomic mass is 32.1. The number of likely N-dealkylation sites (tertiary alicyclic amines) is 1. The Kier molecular flexibility index (Phi) is 5.65. The topological polar surface area (TPSA) is 40.2 Å². The first-order valence-electron chi connectivity index (χ1n) is 14.7. The summed E-state index contributed by atoms with van der Waals surface area (Å²) in [4.78, 5) is 4.13. The molecule has 6 heteroatoms. The molecule has 3 heterocycles. The van der Waals surface area contributed by atoms with Crippen molar-refractivity contribution in [1.82, 2.24) is 4.90 Å². The highest BCUT2D eigenvalue weighted by molar-refractivity contribution is 7.19. The van der Waals surface area contributed by atoms with Crippen LogP contribution in [-0.4, -0.2) is 57.1 Å². The molecule has 1 aromatic heterocycles. The van der Waals surface area contributed by atoms with Crippen molar-refractivity contribution in [2.24, 2.45) is 17.3 Å². The van der Waals surface area contributed by atoms with Crippen molar-refractivity contribution in [3.05, 3.63) is 58.5 Å². The molecule has 8 rings (SSSR count). The van der Waals surface area contributed by atoms with E-state index < -0.39 is 0 Å². The van der Waals surface area contributed by atoms with Gasteiger partial charge in [0.2, 0.25) is 0 Å². The summed E-state index contributed by atoms with van der Waals surface area (Å²) in [6, 6.07) is 15.9. The number of ether oxygens (including phenoxy) is 4. The van der Waals surface area contributed by atoms with Crippen LogP contribution < -0.4 is 9.47 Å². The summed E-state index contributed by atoms with van der Waals surface area (Å²) in [5.41, 5.74) is 2.76. The van der Waals surface area contributed by atoms with E-state index in [4.69, 9.17) is 18.9 Å². The molecule has 39 heavy (non-hydrogen) atoms. The van der Waals surface area contributed by atoms with Crippen LogP contribution in [0.5, 0.6) is 11.5 Å². The van der Waals surface area contributed by atoms with Crippen LogP contribution in [0.4, 0.5) is 0 Å². The summed E-state index contributed by atoms with van der Waals surface area (Å²) >= 11 is 1.84. The Morgan fingerprint density at radius 2 is 2.00 bits per heavy atom. The largest absolute Gasteiger partial charge is 0.493 e. The van der Waals surface area contributed by atoms with Crippen LogP contribution in [0.1, 0.15) is 48.6 Å². The molecule has 5 nitrogen and oxygen atoms in total. The average molecular weight is 546 g/mol. The smallest absolute Gasteiger partial charge is 0.165 e. The first kappa shape index (κ1) is 24.7. The maximum absolute atomic E-state index is 7.01. The lowest BCUT2D eigenvalue weighted by atomic mass is 9.47. The third-order valence-electron chi connectivity index (χ3n) is 10.7. The number of hydrogen-bond acceptors (Lipinski definition) is 6. The summed E-state index contributed by atoms with van der Waals surface area (Å²) in [6.45, 7) is 6.11. The molecule has 2 bridgehead atoms. The normalized spacial score (nSPS) is 34.6. The van der Waals surface area contributed by atoms with Crippen LogP contribution in [0.15, 0.2) is 42.5 Å². The van der Waals surface area contributed by atoms with Crippen molar-refractivity contribution in [2.45, 2.75) is 69.3 Å². The van der Waals surface area contributed by atoms with Crippen molar-refractivity contribution >= 4 is 21.4 Å². The molecule has 0 N–H and O–H groups in total. The molecule has 2 aliphatic heterocycles. The Balaban J connectivity index is 1.14. The van der Waals surface area contributed by atoms with Crippen molar-refractivity contribution in [3.63, 3.8) is 0 Å². The monoisotopic (exact) mass is 545 g/mol. The van der Waals surface area contributed by atoms with Crippen molar-refractivity contribution < 1.29 is 18.9 Å². The second-order valence-corrected chi connectivity index (χ2v) is 14.2. The van der Waals surface area contributed by atoms with E-state index in [1.165, 1.54) is 45.5 Å². The van der Waals surface area contributed by atoms with Gasteiger partial charge >= 0.3 is 0 Å². The zero-order valence-corrected chi connectivity index (χ0v) is 24.1. The fraction of sp³-hybridized carbons (Fsp3) is 0.576. The van der Waals surface area contributed by atoms with E-state index in [1.54, 1.807) is 7.11 Å². The predicted octanol–water partition coefficient (Wildman–Crippen LogP) is 6.21. The fourth-order valence-corrected chi connectivity index (χ4v) is 9.91. The van der Waals surface area contributed by atoms with E-state index in [0.717, 1.165) is 43.2 Å². The number of benzene rings is 2. The van der Waals surface area contributed by atoms with Gasteiger partial charge in [0.1, 0.15) is 12.2 Å². The Bertz CT molecular complexity index is 1380. The van der Waals surface area contributed by atoms with Crippen molar-refractivity contribution in [3.8, 4) is 11.5 Å². The number of nitrogens with zero attached hydrogens (tertiary/aromatic N) is 1. The average Bonchev–Trinajstić information content (AvgIpc) is 3.55. The van der Waals surface area contributed by atoms with Gasteiger partial charge in [-0.15, -0.1) is 11.3 Å². The minimum absolute atomic E-state index is 0.00611. The predicted molar refractivity (Wildman–Crippen MR) is 154 cm³/mol. The van der Waals surface area contributed by atoms with Crippen LogP contribution in [0.2, 0.25) is 0 Å². The third kappa shape index (κ3) is 3.61. The molecule has 3 aromatic rings. The second kappa shape index (κ2) is 8.94. The maximum atomic E-state index is 7.01. The van der Waals surface area contributed by atoms with Gasteiger partial charge < -0.3 is 18.9 Å². The number of thiophene rings is 1. The molecule has 2 unspecified atom stereocenters. The highest BCUT2D eigenvalue weighted by Crippen LogP contribution is 2.67. The van der Waals surface area contributed by atoms with Crippen molar-refractivity contribution in [2.75, 3.05) is 33.9 Å². The number of piperidine rings is 1. The molecule has 3 aliphatic carbocycles. The van der Waals surface area contributed by atoms with Crippen LogP contribution in [0.25, 0.3) is 10.1 Å². The van der Waals surface area contributed by atoms with E-state index in [-0.39, 0.29) is 23.0 Å². The fourth-order valence-electron chi connectivity index (χ4n) is 8.91. The Morgan fingerprint density at radius 1 is 1.13 bits per heavy atom. The maximum Gasteiger partial charge on any atom is 0.165 e. The van der Waals surface area contributed by atoms with Crippen molar-refractivity contribution in [1.29, 1.82) is 0 Å². The number of rotatable bonds is 8. The van der Waals surface area contributed by atoms with E-state index in [2.05, 4.69) is 54.3 Å². The van der Waals surface area contributed by atoms with E-state index in [0.29, 0.717) is 25.2 Å². The Labute approximate surface area is 235 Å². The zero-order chi connectivity index (χ0) is 26.4. The van der Waals surface area contributed by atoms with Gasteiger partial charge in [0.25, 0.3) is 0 Å². The molecular formula is C33H39NO4S. The molecule has 2 aromatic carbocycles. The molecule has 1 saturated heterocycles. The Hall–Kier alpha value is -2.12. The quantitative estimate of drug-likeness (QED) is 0.337. The minimum Gasteiger partial charge on any atom is -0.493 e. The SMILES string of the molecule is COc1ccc2c3c1O[C@H]1C(OC)[C@@](C)(COCc4cc5ccccc5s4)CC4[C@@H](C2)N(CC2CC2)CC[C@@]341. The van der Waals surface area contributed by atoms with Crippen LogP contribution in [0.3, 0.4) is 0 Å². The summed E-state index contributed by atoms with van der Waals surface area (Å²) in [5, 5.41) is 1.30. The molecule has 0 amide bonds. The van der Waals surface area contributed by atoms with Gasteiger partial charge in [-0.3, -0.25) is 4.90 Å². The molecule has 3 fully saturated rings. The van der Waals surface area contributed by atoms with E-state index in [1.807, 2.05) is 18.4 Å². The lowest BCUT2D eigenvalue weighted by Crippen LogP contribution is -2.71. The molecular weight excluding hydrogens is 506 g/mol. The van der Waals surface area contributed by atoms with E-state index >= 15 is 0 Å². The molecule has 206 valence electrons. The molecule has 2 saturated carbocycles. The van der Waals surface area contributed by atoms with Crippen LogP contribution in [-0.2, 0) is 27.9 Å². The summed E-state index contributed by atoms with van der Waals surface area (Å²) < 4.78 is 27.2. The lowest BCUT2D eigenvalue weighted by Gasteiger charge is -2.63. The standard InChI is InChI=1S/C33H39NO4S/c1-32(19-37-18-23-14-21-6-4-5-7-27(21)39-23)16-24-25-15-22-10-11-26(35-2)29-28(22)33(24,31(38-29)30(32)36-3)12-13-34(25)17-20-8-9-20/h4-7,10-11,14,20,24-25,30-31H,8-9,12-13,15-19H2,1-3H3/t24?,25-,30?,31+,32-,33+/m1/s1. The third-order valence-corrected chi connectivity index (χ3v) is 11.8. The second-order valence-electron chi connectivity index (χ2n) is 13.0. The summed E-state index contributed by atoms with van der Waals surface area (Å²) in [6.07, 6.45) is 6.08. The van der Waals surface area contributed by atoms with Gasteiger partial charge in [0, 0.05) is 45.7 Å². The highest BCUT2D eigenvalue weighted by Gasteiger charge is 2.70. The van der Waals surface area contributed by atoms with Crippen LogP contribution >= 0.6 is 11.3 Å². The van der Waals surface area contributed by atoms with Gasteiger partial charge in [-0.2, -0.15) is 0 Å². The van der Waals surface area contributed by atoms with Gasteiger partial charge in [-0.25, -0.2) is 0 Å². The summed E-state index contributed by atoms with van der Waals surface area (Å²) in [7, 11) is 3.64. The minimum atomic E-state index is -0.141. The Morgan fingerprint density at radius 3 is 2.79 bits per heavy atom. The summed E-state index contributed by atoms with van der Waals surface area (Å²) in [5.74, 6) is 3.28. The lowest BCUT2D eigenvalue weighted by molar-refractivity contribution is -0.189. The van der Waals surface area contributed by atoms with Crippen LogP contribution in [0, 0.1) is 17.3 Å². The molecule has 1 spiro atoms.